The molecular formula is C25H26N4O4S2. The van der Waals surface area contributed by atoms with Gasteiger partial charge in [-0.3, -0.25) is 4.18 Å². The molecule has 35 heavy (non-hydrogen) atoms. The van der Waals surface area contributed by atoms with E-state index < -0.39 is 10.4 Å². The highest BCUT2D eigenvalue weighted by Crippen LogP contribution is 2.25. The summed E-state index contributed by atoms with van der Waals surface area (Å²) in [6.07, 6.45) is 1.98. The Bertz CT molecular complexity index is 1270. The Morgan fingerprint density at radius 2 is 1.40 bits per heavy atom. The number of nitrogens with zero attached hydrogens (tertiary/aromatic N) is 4. The molecule has 182 valence electrons. The highest BCUT2D eigenvalue weighted by molar-refractivity contribution is 7.80. The topological polar surface area (TPSA) is 98.3 Å². The van der Waals surface area contributed by atoms with Gasteiger partial charge in [-0.05, 0) is 51.8 Å². The second-order valence-corrected chi connectivity index (χ2v) is 9.44. The van der Waals surface area contributed by atoms with E-state index in [0.29, 0.717) is 0 Å². The fourth-order valence-corrected chi connectivity index (χ4v) is 3.78. The van der Waals surface area contributed by atoms with Crippen molar-refractivity contribution < 1.29 is 21.7 Å². The van der Waals surface area contributed by atoms with E-state index >= 15 is 0 Å². The quantitative estimate of drug-likeness (QED) is 0.139. The summed E-state index contributed by atoms with van der Waals surface area (Å²) in [7, 11) is -1.63. The Balaban J connectivity index is 0.000000509. The first-order valence-corrected chi connectivity index (χ1v) is 12.8. The molecule has 0 bridgehead atoms. The van der Waals surface area contributed by atoms with Crippen LogP contribution < -0.4 is 9.47 Å². The third-order valence-electron chi connectivity index (χ3n) is 4.86. The lowest BCUT2D eigenvalue weighted by Gasteiger charge is -2.25. The van der Waals surface area contributed by atoms with Gasteiger partial charge in [0.1, 0.15) is 11.9 Å². The van der Waals surface area contributed by atoms with Crippen LogP contribution in [0, 0.1) is 0 Å². The van der Waals surface area contributed by atoms with Crippen LogP contribution in [0.5, 0.6) is 0 Å². The van der Waals surface area contributed by atoms with E-state index in [1.807, 2.05) is 35.3 Å². The molecule has 1 heterocycles. The lowest BCUT2D eigenvalue weighted by molar-refractivity contribution is -0.654. The number of rotatable bonds is 8. The summed E-state index contributed by atoms with van der Waals surface area (Å²) in [5, 5.41) is 11.6. The van der Waals surface area contributed by atoms with E-state index in [2.05, 4.69) is 92.1 Å². The van der Waals surface area contributed by atoms with Gasteiger partial charge >= 0.3 is 5.13 Å². The van der Waals surface area contributed by atoms with Gasteiger partial charge in [0.05, 0.1) is 19.3 Å². The fraction of sp³-hybridized carbons (Fsp3) is 0.160. The molecule has 0 fully saturated rings. The predicted octanol–water partition coefficient (Wildman–Crippen LogP) is 5.29. The zero-order valence-electron chi connectivity index (χ0n) is 19.4. The number of anilines is 1. The maximum atomic E-state index is 9.22. The van der Waals surface area contributed by atoms with Gasteiger partial charge in [-0.25, -0.2) is 13.0 Å². The maximum absolute atomic E-state index is 9.22. The van der Waals surface area contributed by atoms with Crippen LogP contribution in [0.2, 0.25) is 0 Å². The minimum absolute atomic E-state index is 0.808. The second-order valence-electron chi connectivity index (χ2n) is 7.42. The maximum Gasteiger partial charge on any atom is 0.408 e. The molecule has 3 aromatic carbocycles. The van der Waals surface area contributed by atoms with Gasteiger partial charge < -0.3 is 9.45 Å². The summed E-state index contributed by atoms with van der Waals surface area (Å²) in [4.78, 5) is 2.38. The number of benzene rings is 3. The van der Waals surface area contributed by atoms with E-state index in [1.165, 1.54) is 16.8 Å². The molecular weight excluding hydrogens is 484 g/mol. The average Bonchev–Trinajstić information content (AvgIpc) is 3.28. The minimum Gasteiger partial charge on any atom is -0.726 e. The van der Waals surface area contributed by atoms with Gasteiger partial charge in [0.2, 0.25) is 10.4 Å². The molecule has 0 saturated heterocycles. The van der Waals surface area contributed by atoms with Crippen LogP contribution in [0.25, 0.3) is 0 Å². The van der Waals surface area contributed by atoms with Gasteiger partial charge in [-0.2, -0.15) is 0 Å². The molecule has 0 aliphatic rings. The highest BCUT2D eigenvalue weighted by atomic mass is 32.3. The van der Waals surface area contributed by atoms with E-state index in [9.17, 15) is 13.0 Å². The summed E-state index contributed by atoms with van der Waals surface area (Å²) >= 11 is 1.57. The van der Waals surface area contributed by atoms with Crippen molar-refractivity contribution >= 4 is 38.2 Å². The third kappa shape index (κ3) is 9.02. The van der Waals surface area contributed by atoms with Gasteiger partial charge in [0.15, 0.2) is 0 Å². The number of hydrogen-bond acceptors (Lipinski definition) is 8. The summed E-state index contributed by atoms with van der Waals surface area (Å²) in [6.45, 7) is 1.70. The smallest absolute Gasteiger partial charge is 0.408 e. The van der Waals surface area contributed by atoms with Crippen LogP contribution in [0.3, 0.4) is 0 Å². The highest BCUT2D eigenvalue weighted by Gasteiger charge is 2.10. The minimum atomic E-state index is -4.41. The molecule has 0 unspecified atom stereocenters. The van der Waals surface area contributed by atoms with Crippen LogP contribution in [-0.2, 0) is 34.7 Å². The summed E-state index contributed by atoms with van der Waals surface area (Å²) in [5.41, 5.74) is 4.59. The summed E-state index contributed by atoms with van der Waals surface area (Å²) < 4.78 is 33.0. The Morgan fingerprint density at radius 1 is 0.886 bits per heavy atom. The predicted molar refractivity (Wildman–Crippen MR) is 136 cm³/mol. The van der Waals surface area contributed by atoms with Crippen LogP contribution in [0.15, 0.2) is 107 Å². The summed E-state index contributed by atoms with van der Waals surface area (Å²) in [6, 6.07) is 29.4. The standard InChI is InChI=1S/C24H23N4S.CH4O4S/c1-27-16-17-29-24(27)26-25-22-12-14-23(15-13-22)28(18-20-8-4-2-5-9-20)19-21-10-6-3-7-11-21;1-5-6(2,3)4/h2-17H,18-19H2,1H3;1H3,(H,2,3,4)/q+1;/p-1. The first-order chi connectivity index (χ1) is 16.8. The molecule has 0 aliphatic heterocycles. The van der Waals surface area contributed by atoms with Crippen molar-refractivity contribution in [2.45, 2.75) is 13.1 Å². The van der Waals surface area contributed by atoms with Crippen molar-refractivity contribution in [1.29, 1.82) is 0 Å². The van der Waals surface area contributed by atoms with Gasteiger partial charge in [-0.15, -0.1) is 0 Å². The van der Waals surface area contributed by atoms with E-state index in [-0.39, 0.29) is 0 Å². The van der Waals surface area contributed by atoms with E-state index in [1.54, 1.807) is 11.3 Å². The Labute approximate surface area is 209 Å². The molecule has 8 nitrogen and oxygen atoms in total. The zero-order valence-corrected chi connectivity index (χ0v) is 21.0. The van der Waals surface area contributed by atoms with Crippen molar-refractivity contribution in [2.24, 2.45) is 17.3 Å². The van der Waals surface area contributed by atoms with Crippen molar-refractivity contribution in [3.05, 3.63) is 108 Å². The number of azo groups is 1. The molecule has 4 aromatic rings. The molecule has 4 rings (SSSR count). The van der Waals surface area contributed by atoms with Crippen LogP contribution in [0.4, 0.5) is 16.5 Å². The monoisotopic (exact) mass is 510 g/mol. The van der Waals surface area contributed by atoms with Crippen LogP contribution in [-0.4, -0.2) is 20.1 Å². The Morgan fingerprint density at radius 3 is 1.83 bits per heavy atom. The molecule has 0 atom stereocenters. The molecule has 0 spiro atoms. The molecule has 0 amide bonds. The van der Waals surface area contributed by atoms with Crippen LogP contribution >= 0.6 is 11.3 Å². The normalized spacial score (nSPS) is 11.2. The molecule has 0 N–H and O–H groups in total. The Hall–Kier alpha value is -3.44. The molecule has 1 aromatic heterocycles. The lowest BCUT2D eigenvalue weighted by Crippen LogP contribution is -2.23. The molecule has 10 heteroatoms. The van der Waals surface area contributed by atoms with Crippen molar-refractivity contribution in [3.63, 3.8) is 0 Å². The number of hydrogen-bond donors (Lipinski definition) is 0. The second kappa shape index (κ2) is 12.9. The van der Waals surface area contributed by atoms with E-state index in [4.69, 9.17) is 0 Å². The first-order valence-electron chi connectivity index (χ1n) is 10.6. The number of aromatic nitrogens is 1. The lowest BCUT2D eigenvalue weighted by atomic mass is 10.1. The molecule has 0 aliphatic carbocycles. The zero-order chi connectivity index (χ0) is 25.1. The number of aryl methyl sites for hydroxylation is 1. The van der Waals surface area contributed by atoms with Crippen molar-refractivity contribution in [3.8, 4) is 0 Å². The van der Waals surface area contributed by atoms with E-state index in [0.717, 1.165) is 31.0 Å². The molecule has 0 saturated carbocycles. The molecule has 0 radical (unpaired) electrons. The van der Waals surface area contributed by atoms with Crippen molar-refractivity contribution in [2.75, 3.05) is 12.0 Å². The SMILES string of the molecule is COS(=O)(=O)[O-].C[n+]1ccsc1N=Nc1ccc(N(Cc2ccccc2)Cc2ccccc2)cc1. The fourth-order valence-electron chi connectivity index (χ4n) is 3.10. The van der Waals surface area contributed by atoms with Gasteiger partial charge in [0, 0.05) is 24.2 Å². The first kappa shape index (κ1) is 26.2. The van der Waals surface area contributed by atoms with Gasteiger partial charge in [0.25, 0.3) is 0 Å². The van der Waals surface area contributed by atoms with Crippen molar-refractivity contribution in [1.82, 2.24) is 0 Å². The average molecular weight is 511 g/mol. The number of thiazole rings is 1. The third-order valence-corrected chi connectivity index (χ3v) is 6.11. The van der Waals surface area contributed by atoms with Crippen LogP contribution in [0.1, 0.15) is 11.1 Å². The Kier molecular flexibility index (Phi) is 9.62. The van der Waals surface area contributed by atoms with Gasteiger partial charge in [-0.1, -0.05) is 60.7 Å². The summed E-state index contributed by atoms with van der Waals surface area (Å²) in [5.74, 6) is 0. The largest absolute Gasteiger partial charge is 0.726 e.